The molecule has 1 saturated heterocycles. The quantitative estimate of drug-likeness (QED) is 0.689. The predicted molar refractivity (Wildman–Crippen MR) is 52.6 cm³/mol. The molecule has 2 rings (SSSR count). The first-order valence-corrected chi connectivity index (χ1v) is 5.42. The number of nitrogens with two attached hydrogens (primary N) is 1. The maximum Gasteiger partial charge on any atom is 0.0622 e. The van der Waals surface area contributed by atoms with E-state index in [2.05, 4.69) is 4.90 Å². The van der Waals surface area contributed by atoms with Crippen molar-refractivity contribution in [1.29, 1.82) is 0 Å². The fraction of sp³-hybridized carbons (Fsp3) is 1.00. The summed E-state index contributed by atoms with van der Waals surface area (Å²) in [6.45, 7) is 4.99. The van der Waals surface area contributed by atoms with E-state index in [0.29, 0.717) is 6.04 Å². The summed E-state index contributed by atoms with van der Waals surface area (Å²) in [5, 5.41) is 0. The van der Waals surface area contributed by atoms with Gasteiger partial charge in [0.15, 0.2) is 0 Å². The molecule has 0 aromatic rings. The van der Waals surface area contributed by atoms with Crippen molar-refractivity contribution in [2.75, 3.05) is 32.8 Å². The maximum atomic E-state index is 5.59. The average Bonchev–Trinajstić information content (AvgIpc) is 2.93. The highest BCUT2D eigenvalue weighted by molar-refractivity contribution is 4.82. The Balaban J connectivity index is 1.79. The number of hydrogen-bond acceptors (Lipinski definition) is 3. The van der Waals surface area contributed by atoms with Gasteiger partial charge in [0.1, 0.15) is 0 Å². The van der Waals surface area contributed by atoms with Crippen LogP contribution in [-0.2, 0) is 4.74 Å². The van der Waals surface area contributed by atoms with Gasteiger partial charge < -0.3 is 10.5 Å². The second kappa shape index (κ2) is 4.40. The zero-order chi connectivity index (χ0) is 9.10. The minimum Gasteiger partial charge on any atom is -0.378 e. The van der Waals surface area contributed by atoms with Gasteiger partial charge in [-0.05, 0) is 31.7 Å². The molecule has 1 saturated carbocycles. The van der Waals surface area contributed by atoms with Gasteiger partial charge in [-0.25, -0.2) is 0 Å². The van der Waals surface area contributed by atoms with Crippen molar-refractivity contribution in [1.82, 2.24) is 4.90 Å². The lowest BCUT2D eigenvalue weighted by Gasteiger charge is -2.35. The highest BCUT2D eigenvalue weighted by atomic mass is 16.5. The van der Waals surface area contributed by atoms with Crippen LogP contribution in [-0.4, -0.2) is 43.8 Å². The second-order valence-electron chi connectivity index (χ2n) is 4.24. The Hall–Kier alpha value is -0.120. The summed E-state index contributed by atoms with van der Waals surface area (Å²) < 4.78 is 5.47. The van der Waals surface area contributed by atoms with Gasteiger partial charge in [-0.2, -0.15) is 0 Å². The monoisotopic (exact) mass is 184 g/mol. The minimum absolute atomic E-state index is 0.597. The van der Waals surface area contributed by atoms with Crippen LogP contribution < -0.4 is 5.73 Å². The molecule has 0 aromatic carbocycles. The molecule has 1 aliphatic heterocycles. The van der Waals surface area contributed by atoms with E-state index in [1.54, 1.807) is 0 Å². The van der Waals surface area contributed by atoms with Crippen LogP contribution in [0.15, 0.2) is 0 Å². The van der Waals surface area contributed by atoms with E-state index in [-0.39, 0.29) is 0 Å². The van der Waals surface area contributed by atoms with Crippen molar-refractivity contribution in [2.24, 2.45) is 11.7 Å². The van der Waals surface area contributed by atoms with E-state index in [1.165, 1.54) is 19.4 Å². The van der Waals surface area contributed by atoms with E-state index < -0.39 is 0 Å². The first-order valence-electron chi connectivity index (χ1n) is 5.42. The summed E-state index contributed by atoms with van der Waals surface area (Å²) in [4.78, 5) is 2.58. The molecule has 2 aliphatic rings. The average molecular weight is 184 g/mol. The third kappa shape index (κ3) is 2.66. The molecule has 0 radical (unpaired) electrons. The maximum absolute atomic E-state index is 5.59. The lowest BCUT2D eigenvalue weighted by molar-refractivity contribution is -0.0114. The molecule has 76 valence electrons. The van der Waals surface area contributed by atoms with Crippen LogP contribution in [0.2, 0.25) is 0 Å². The Morgan fingerprint density at radius 1 is 1.38 bits per heavy atom. The van der Waals surface area contributed by atoms with Gasteiger partial charge in [0.05, 0.1) is 13.2 Å². The van der Waals surface area contributed by atoms with Crippen molar-refractivity contribution in [2.45, 2.75) is 25.3 Å². The van der Waals surface area contributed by atoms with Crippen molar-refractivity contribution in [3.8, 4) is 0 Å². The van der Waals surface area contributed by atoms with E-state index >= 15 is 0 Å². The standard InChI is InChI=1S/C10H20N2O/c11-4-3-10-8-13-6-5-12(10)7-9-1-2-9/h9-10H,1-8,11H2. The first-order chi connectivity index (χ1) is 6.40. The highest BCUT2D eigenvalue weighted by Crippen LogP contribution is 2.30. The summed E-state index contributed by atoms with van der Waals surface area (Å²) in [5.41, 5.74) is 5.59. The van der Waals surface area contributed by atoms with Gasteiger partial charge in [0.2, 0.25) is 0 Å². The smallest absolute Gasteiger partial charge is 0.0622 e. The zero-order valence-corrected chi connectivity index (χ0v) is 8.24. The molecular formula is C10H20N2O. The van der Waals surface area contributed by atoms with E-state index in [1.807, 2.05) is 0 Å². The van der Waals surface area contributed by atoms with Crippen LogP contribution in [0.5, 0.6) is 0 Å². The summed E-state index contributed by atoms with van der Waals surface area (Å²) in [6.07, 6.45) is 3.96. The Kier molecular flexibility index (Phi) is 3.19. The molecule has 13 heavy (non-hydrogen) atoms. The lowest BCUT2D eigenvalue weighted by Crippen LogP contribution is -2.47. The molecule has 0 spiro atoms. The van der Waals surface area contributed by atoms with Crippen molar-refractivity contribution >= 4 is 0 Å². The van der Waals surface area contributed by atoms with E-state index in [0.717, 1.165) is 38.6 Å². The van der Waals surface area contributed by atoms with Crippen LogP contribution in [0.4, 0.5) is 0 Å². The lowest BCUT2D eigenvalue weighted by atomic mass is 10.1. The largest absolute Gasteiger partial charge is 0.378 e. The van der Waals surface area contributed by atoms with Crippen LogP contribution in [0.25, 0.3) is 0 Å². The molecule has 3 heteroatoms. The topological polar surface area (TPSA) is 38.5 Å². The zero-order valence-electron chi connectivity index (χ0n) is 8.24. The Morgan fingerprint density at radius 3 is 2.92 bits per heavy atom. The van der Waals surface area contributed by atoms with E-state index in [9.17, 15) is 0 Å². The molecular weight excluding hydrogens is 164 g/mol. The second-order valence-corrected chi connectivity index (χ2v) is 4.24. The van der Waals surface area contributed by atoms with Gasteiger partial charge in [0, 0.05) is 19.1 Å². The molecule has 0 amide bonds. The van der Waals surface area contributed by atoms with Crippen LogP contribution in [0, 0.1) is 5.92 Å². The summed E-state index contributed by atoms with van der Waals surface area (Å²) >= 11 is 0. The van der Waals surface area contributed by atoms with Crippen LogP contribution in [0.1, 0.15) is 19.3 Å². The summed E-state index contributed by atoms with van der Waals surface area (Å²) in [7, 11) is 0. The molecule has 2 N–H and O–H groups in total. The fourth-order valence-corrected chi connectivity index (χ4v) is 2.02. The summed E-state index contributed by atoms with van der Waals surface area (Å²) in [6, 6.07) is 0.597. The predicted octanol–water partition coefficient (Wildman–Crippen LogP) is 0.446. The number of hydrogen-bond donors (Lipinski definition) is 1. The van der Waals surface area contributed by atoms with Crippen LogP contribution >= 0.6 is 0 Å². The molecule has 0 aromatic heterocycles. The third-order valence-corrected chi connectivity index (χ3v) is 3.04. The molecule has 1 atom stereocenters. The van der Waals surface area contributed by atoms with E-state index in [4.69, 9.17) is 10.5 Å². The molecule has 0 bridgehead atoms. The Labute approximate surface area is 80.2 Å². The van der Waals surface area contributed by atoms with Crippen molar-refractivity contribution in [3.05, 3.63) is 0 Å². The molecule has 1 unspecified atom stereocenters. The molecule has 2 fully saturated rings. The molecule has 3 nitrogen and oxygen atoms in total. The first kappa shape index (κ1) is 9.44. The van der Waals surface area contributed by atoms with Gasteiger partial charge in [-0.3, -0.25) is 4.90 Å². The van der Waals surface area contributed by atoms with Crippen LogP contribution in [0.3, 0.4) is 0 Å². The van der Waals surface area contributed by atoms with Gasteiger partial charge in [0.25, 0.3) is 0 Å². The minimum atomic E-state index is 0.597. The van der Waals surface area contributed by atoms with Crippen molar-refractivity contribution < 1.29 is 4.74 Å². The highest BCUT2D eigenvalue weighted by Gasteiger charge is 2.29. The number of morpholine rings is 1. The Morgan fingerprint density at radius 2 is 2.23 bits per heavy atom. The van der Waals surface area contributed by atoms with Gasteiger partial charge >= 0.3 is 0 Å². The molecule has 1 heterocycles. The Bertz CT molecular complexity index is 157. The number of nitrogens with zero attached hydrogens (tertiary/aromatic N) is 1. The fourth-order valence-electron chi connectivity index (χ4n) is 2.02. The number of ether oxygens (including phenoxy) is 1. The van der Waals surface area contributed by atoms with Crippen molar-refractivity contribution in [3.63, 3.8) is 0 Å². The summed E-state index contributed by atoms with van der Waals surface area (Å²) in [5.74, 6) is 0.985. The number of rotatable bonds is 4. The third-order valence-electron chi connectivity index (χ3n) is 3.04. The van der Waals surface area contributed by atoms with Gasteiger partial charge in [-0.15, -0.1) is 0 Å². The normalized spacial score (nSPS) is 30.7. The SMILES string of the molecule is NCCC1COCCN1CC1CC1. The molecule has 1 aliphatic carbocycles. The van der Waals surface area contributed by atoms with Gasteiger partial charge in [-0.1, -0.05) is 0 Å².